The van der Waals surface area contributed by atoms with Gasteiger partial charge in [0.15, 0.2) is 0 Å². The zero-order valence-electron chi connectivity index (χ0n) is 14.0. The highest BCUT2D eigenvalue weighted by atomic mass is 35.5. The van der Waals surface area contributed by atoms with Crippen LogP contribution in [0.1, 0.15) is 42.9 Å². The summed E-state index contributed by atoms with van der Waals surface area (Å²) in [6, 6.07) is 15.7. The molecule has 1 aliphatic heterocycles. The SMILES string of the molecule is Cc1ccccc1NC(=O)N1CCCCCC1c1ccccc1Cl. The van der Waals surface area contributed by atoms with Crippen LogP contribution in [0.2, 0.25) is 5.02 Å². The Hall–Kier alpha value is -2.00. The fraction of sp³-hybridized carbons (Fsp3) is 0.350. The van der Waals surface area contributed by atoms with Crippen LogP contribution in [0.5, 0.6) is 0 Å². The van der Waals surface area contributed by atoms with Gasteiger partial charge in [-0.1, -0.05) is 60.8 Å². The van der Waals surface area contributed by atoms with E-state index in [1.807, 2.05) is 60.4 Å². The van der Waals surface area contributed by atoms with Crippen LogP contribution in [0.15, 0.2) is 48.5 Å². The van der Waals surface area contributed by atoms with Crippen molar-refractivity contribution in [2.45, 2.75) is 38.6 Å². The van der Waals surface area contributed by atoms with Crippen molar-refractivity contribution in [3.8, 4) is 0 Å². The summed E-state index contributed by atoms with van der Waals surface area (Å²) in [5.74, 6) is 0. The van der Waals surface area contributed by atoms with Crippen LogP contribution in [-0.2, 0) is 0 Å². The molecular formula is C20H23ClN2O. The number of amides is 2. The summed E-state index contributed by atoms with van der Waals surface area (Å²) in [5, 5.41) is 3.81. The minimum absolute atomic E-state index is 0.0326. The molecule has 3 rings (SSSR count). The summed E-state index contributed by atoms with van der Waals surface area (Å²) in [6.07, 6.45) is 4.24. The molecule has 1 aliphatic rings. The number of anilines is 1. The molecule has 4 heteroatoms. The summed E-state index contributed by atoms with van der Waals surface area (Å²) >= 11 is 6.41. The summed E-state index contributed by atoms with van der Waals surface area (Å²) in [5.41, 5.74) is 2.97. The summed E-state index contributed by atoms with van der Waals surface area (Å²) < 4.78 is 0. The molecule has 126 valence electrons. The lowest BCUT2D eigenvalue weighted by Crippen LogP contribution is -2.38. The third kappa shape index (κ3) is 3.73. The molecule has 1 heterocycles. The number of likely N-dealkylation sites (tertiary alicyclic amines) is 1. The number of halogens is 1. The number of nitrogens with zero attached hydrogens (tertiary/aromatic N) is 1. The molecule has 1 fully saturated rings. The number of nitrogens with one attached hydrogen (secondary N) is 1. The Morgan fingerprint density at radius 3 is 2.62 bits per heavy atom. The van der Waals surface area contributed by atoms with Gasteiger partial charge in [0, 0.05) is 17.3 Å². The Morgan fingerprint density at radius 1 is 1.08 bits per heavy atom. The van der Waals surface area contributed by atoms with Crippen molar-refractivity contribution >= 4 is 23.3 Å². The van der Waals surface area contributed by atoms with E-state index in [0.717, 1.165) is 54.1 Å². The van der Waals surface area contributed by atoms with Crippen molar-refractivity contribution in [2.24, 2.45) is 0 Å². The molecule has 1 atom stereocenters. The second-order valence-corrected chi connectivity index (χ2v) is 6.73. The monoisotopic (exact) mass is 342 g/mol. The van der Waals surface area contributed by atoms with Gasteiger partial charge in [-0.2, -0.15) is 0 Å². The number of carbonyl (C=O) groups excluding carboxylic acids is 1. The largest absolute Gasteiger partial charge is 0.322 e. The predicted molar refractivity (Wildman–Crippen MR) is 99.6 cm³/mol. The van der Waals surface area contributed by atoms with E-state index in [9.17, 15) is 4.79 Å². The van der Waals surface area contributed by atoms with Crippen molar-refractivity contribution in [3.63, 3.8) is 0 Å². The molecule has 0 aromatic heterocycles. The van der Waals surface area contributed by atoms with Gasteiger partial charge in [0.05, 0.1) is 6.04 Å². The van der Waals surface area contributed by atoms with Gasteiger partial charge >= 0.3 is 6.03 Å². The third-order valence-corrected chi connectivity index (χ3v) is 5.01. The smallest absolute Gasteiger partial charge is 0.317 e. The first-order valence-electron chi connectivity index (χ1n) is 8.54. The van der Waals surface area contributed by atoms with Crippen molar-refractivity contribution in [1.82, 2.24) is 4.90 Å². The van der Waals surface area contributed by atoms with Crippen molar-refractivity contribution in [3.05, 3.63) is 64.7 Å². The van der Waals surface area contributed by atoms with E-state index in [2.05, 4.69) is 5.32 Å². The number of carbonyl (C=O) groups is 1. The molecule has 0 radical (unpaired) electrons. The van der Waals surface area contributed by atoms with Gasteiger partial charge in [-0.25, -0.2) is 4.79 Å². The van der Waals surface area contributed by atoms with Gasteiger partial charge in [-0.05, 0) is 43.0 Å². The van der Waals surface area contributed by atoms with Gasteiger partial charge in [0.25, 0.3) is 0 Å². The lowest BCUT2D eigenvalue weighted by Gasteiger charge is -2.31. The molecule has 0 bridgehead atoms. The average Bonchev–Trinajstić information content (AvgIpc) is 2.83. The lowest BCUT2D eigenvalue weighted by atomic mass is 10.0. The number of para-hydroxylation sites is 1. The molecule has 2 aromatic carbocycles. The van der Waals surface area contributed by atoms with Crippen molar-refractivity contribution in [1.29, 1.82) is 0 Å². The fourth-order valence-corrected chi connectivity index (χ4v) is 3.58. The third-order valence-electron chi connectivity index (χ3n) is 4.66. The van der Waals surface area contributed by atoms with Crippen LogP contribution < -0.4 is 5.32 Å². The lowest BCUT2D eigenvalue weighted by molar-refractivity contribution is 0.189. The maximum Gasteiger partial charge on any atom is 0.322 e. The first-order valence-corrected chi connectivity index (χ1v) is 8.92. The molecule has 2 aromatic rings. The first kappa shape index (κ1) is 16.8. The minimum Gasteiger partial charge on any atom is -0.317 e. The second-order valence-electron chi connectivity index (χ2n) is 6.33. The number of hydrogen-bond donors (Lipinski definition) is 1. The number of rotatable bonds is 2. The van der Waals surface area contributed by atoms with E-state index in [0.29, 0.717) is 0 Å². The van der Waals surface area contributed by atoms with Gasteiger partial charge in [-0.3, -0.25) is 0 Å². The van der Waals surface area contributed by atoms with Gasteiger partial charge in [0.1, 0.15) is 0 Å². The molecule has 3 nitrogen and oxygen atoms in total. The van der Waals surface area contributed by atoms with E-state index in [1.54, 1.807) is 0 Å². The van der Waals surface area contributed by atoms with Gasteiger partial charge < -0.3 is 10.2 Å². The maximum absolute atomic E-state index is 12.9. The van der Waals surface area contributed by atoms with Crippen LogP contribution in [0.25, 0.3) is 0 Å². The Kier molecular flexibility index (Phi) is 5.41. The van der Waals surface area contributed by atoms with Crippen LogP contribution in [-0.4, -0.2) is 17.5 Å². The van der Waals surface area contributed by atoms with E-state index in [1.165, 1.54) is 0 Å². The molecule has 0 spiro atoms. The van der Waals surface area contributed by atoms with Crippen LogP contribution >= 0.6 is 11.6 Å². The quantitative estimate of drug-likeness (QED) is 0.735. The van der Waals surface area contributed by atoms with Crippen molar-refractivity contribution < 1.29 is 4.79 Å². The van der Waals surface area contributed by atoms with Gasteiger partial charge in [-0.15, -0.1) is 0 Å². The predicted octanol–water partition coefficient (Wildman–Crippen LogP) is 5.80. The first-order chi connectivity index (χ1) is 11.7. The number of benzene rings is 2. The molecule has 0 aliphatic carbocycles. The highest BCUT2D eigenvalue weighted by Crippen LogP contribution is 2.34. The molecule has 1 unspecified atom stereocenters. The fourth-order valence-electron chi connectivity index (χ4n) is 3.32. The van der Waals surface area contributed by atoms with Crippen LogP contribution in [0.4, 0.5) is 10.5 Å². The molecule has 2 amide bonds. The molecule has 1 N–H and O–H groups in total. The normalized spacial score (nSPS) is 18.1. The Bertz CT molecular complexity index is 716. The van der Waals surface area contributed by atoms with E-state index >= 15 is 0 Å². The minimum atomic E-state index is -0.0453. The maximum atomic E-state index is 12.9. The van der Waals surface area contributed by atoms with Crippen molar-refractivity contribution in [2.75, 3.05) is 11.9 Å². The zero-order chi connectivity index (χ0) is 16.9. The van der Waals surface area contributed by atoms with Crippen LogP contribution in [0, 0.1) is 6.92 Å². The Morgan fingerprint density at radius 2 is 1.83 bits per heavy atom. The number of hydrogen-bond acceptors (Lipinski definition) is 1. The summed E-state index contributed by atoms with van der Waals surface area (Å²) in [7, 11) is 0. The Labute approximate surface area is 148 Å². The second kappa shape index (κ2) is 7.71. The average molecular weight is 343 g/mol. The van der Waals surface area contributed by atoms with Gasteiger partial charge in [0.2, 0.25) is 0 Å². The molecular weight excluding hydrogens is 320 g/mol. The highest BCUT2D eigenvalue weighted by Gasteiger charge is 2.28. The standard InChI is InChI=1S/C20H23ClN2O/c1-15-9-4-7-12-18(15)22-20(24)23-14-8-2-3-13-19(23)16-10-5-6-11-17(16)21/h4-7,9-12,19H,2-3,8,13-14H2,1H3,(H,22,24). The van der Waals surface area contributed by atoms with Crippen LogP contribution in [0.3, 0.4) is 0 Å². The highest BCUT2D eigenvalue weighted by molar-refractivity contribution is 6.31. The molecule has 24 heavy (non-hydrogen) atoms. The zero-order valence-corrected chi connectivity index (χ0v) is 14.7. The molecule has 0 saturated carbocycles. The van der Waals surface area contributed by atoms with E-state index < -0.39 is 0 Å². The topological polar surface area (TPSA) is 32.3 Å². The van der Waals surface area contributed by atoms with E-state index in [-0.39, 0.29) is 12.1 Å². The summed E-state index contributed by atoms with van der Waals surface area (Å²) in [6.45, 7) is 2.76. The number of aryl methyl sites for hydroxylation is 1. The summed E-state index contributed by atoms with van der Waals surface area (Å²) in [4.78, 5) is 14.9. The van der Waals surface area contributed by atoms with E-state index in [4.69, 9.17) is 11.6 Å². The molecule has 1 saturated heterocycles. The Balaban J connectivity index is 1.86. The number of urea groups is 1.